The highest BCUT2D eigenvalue weighted by Gasteiger charge is 2.20. The Hall–Kier alpha value is -3.36. The predicted molar refractivity (Wildman–Crippen MR) is 143 cm³/mol. The van der Waals surface area contributed by atoms with Gasteiger partial charge < -0.3 is 19.9 Å². The number of fused-ring (bicyclic) bond motifs is 2. The summed E-state index contributed by atoms with van der Waals surface area (Å²) in [5.74, 6) is 0.761. The predicted octanol–water partition coefficient (Wildman–Crippen LogP) is 4.08. The van der Waals surface area contributed by atoms with Gasteiger partial charge in [0.25, 0.3) is 5.91 Å². The number of nitrogens with one attached hydrogen (secondary N) is 2. The van der Waals surface area contributed by atoms with Crippen molar-refractivity contribution in [2.24, 2.45) is 0 Å². The second-order valence-corrected chi connectivity index (χ2v) is 9.92. The van der Waals surface area contributed by atoms with Crippen molar-refractivity contribution >= 4 is 43.9 Å². The maximum atomic E-state index is 12.1. The first-order valence-electron chi connectivity index (χ1n) is 12.1. The lowest BCUT2D eigenvalue weighted by Crippen LogP contribution is -2.46. The van der Waals surface area contributed by atoms with Crippen LogP contribution in [0.25, 0.3) is 21.0 Å². The summed E-state index contributed by atoms with van der Waals surface area (Å²) >= 11 is 1.55. The van der Waals surface area contributed by atoms with E-state index in [9.17, 15) is 9.59 Å². The number of rotatable bonds is 8. The molecule has 5 rings (SSSR count). The fourth-order valence-corrected chi connectivity index (χ4v) is 5.64. The van der Waals surface area contributed by atoms with Crippen molar-refractivity contribution < 1.29 is 9.53 Å². The number of amides is 1. The largest absolute Gasteiger partial charge is 0.494 e. The van der Waals surface area contributed by atoms with E-state index in [4.69, 9.17) is 4.74 Å². The lowest BCUT2D eigenvalue weighted by atomic mass is 10.1. The summed E-state index contributed by atoms with van der Waals surface area (Å²) in [7, 11) is 1.67. The number of aromatic nitrogens is 1. The zero-order chi connectivity index (χ0) is 24.2. The summed E-state index contributed by atoms with van der Waals surface area (Å²) in [6.45, 7) is 5.75. The van der Waals surface area contributed by atoms with Crippen LogP contribution in [0.5, 0.6) is 5.75 Å². The highest BCUT2D eigenvalue weighted by molar-refractivity contribution is 7.20. The van der Waals surface area contributed by atoms with Crippen molar-refractivity contribution in [3.05, 3.63) is 69.8 Å². The molecule has 8 heteroatoms. The van der Waals surface area contributed by atoms with Crippen LogP contribution in [0.2, 0.25) is 0 Å². The van der Waals surface area contributed by atoms with Gasteiger partial charge in [-0.1, -0.05) is 6.07 Å². The van der Waals surface area contributed by atoms with Crippen LogP contribution >= 0.6 is 11.3 Å². The van der Waals surface area contributed by atoms with E-state index in [0.717, 1.165) is 71.8 Å². The molecule has 1 fully saturated rings. The Balaban J connectivity index is 1.08. The number of carbonyl (C=O) groups is 1. The van der Waals surface area contributed by atoms with Crippen LogP contribution in [0, 0.1) is 0 Å². The van der Waals surface area contributed by atoms with Crippen LogP contribution in [0.3, 0.4) is 0 Å². The molecule has 7 nitrogen and oxygen atoms in total. The van der Waals surface area contributed by atoms with E-state index in [0.29, 0.717) is 6.61 Å². The Morgan fingerprint density at radius 1 is 1.06 bits per heavy atom. The van der Waals surface area contributed by atoms with Crippen molar-refractivity contribution in [3.63, 3.8) is 0 Å². The summed E-state index contributed by atoms with van der Waals surface area (Å²) in [6, 6.07) is 17.5. The number of thiophene rings is 1. The van der Waals surface area contributed by atoms with Crippen molar-refractivity contribution in [2.75, 3.05) is 51.3 Å². The minimum Gasteiger partial charge on any atom is -0.494 e. The number of aromatic amines is 1. The molecule has 0 saturated carbocycles. The van der Waals surface area contributed by atoms with Gasteiger partial charge in [0.1, 0.15) is 5.75 Å². The van der Waals surface area contributed by atoms with E-state index in [1.54, 1.807) is 18.4 Å². The number of anilines is 1. The van der Waals surface area contributed by atoms with Crippen LogP contribution in [-0.4, -0.2) is 62.2 Å². The first-order chi connectivity index (χ1) is 17.1. The molecule has 0 aliphatic carbocycles. The molecule has 2 N–H and O–H groups in total. The molecule has 4 aromatic rings. The summed E-state index contributed by atoms with van der Waals surface area (Å²) in [4.78, 5) is 32.1. The normalized spacial score (nSPS) is 14.5. The van der Waals surface area contributed by atoms with Gasteiger partial charge in [-0.3, -0.25) is 14.5 Å². The summed E-state index contributed by atoms with van der Waals surface area (Å²) in [6.07, 6.45) is 2.07. The van der Waals surface area contributed by atoms with Gasteiger partial charge in [0.2, 0.25) is 5.56 Å². The molecule has 0 radical (unpaired) electrons. The first-order valence-corrected chi connectivity index (χ1v) is 12.9. The van der Waals surface area contributed by atoms with Gasteiger partial charge in [0.05, 0.1) is 17.0 Å². The number of piperazine rings is 1. The monoisotopic (exact) mass is 490 g/mol. The van der Waals surface area contributed by atoms with Crippen molar-refractivity contribution in [1.29, 1.82) is 0 Å². The van der Waals surface area contributed by atoms with Crippen molar-refractivity contribution in [3.8, 4) is 5.75 Å². The Labute approximate surface area is 208 Å². The lowest BCUT2D eigenvalue weighted by molar-refractivity contribution is 0.0967. The fourth-order valence-electron chi connectivity index (χ4n) is 4.61. The molecule has 1 aliphatic rings. The molecule has 1 saturated heterocycles. The van der Waals surface area contributed by atoms with Crippen molar-refractivity contribution in [1.82, 2.24) is 15.2 Å². The SMILES string of the molecule is CNC(=O)c1cc2c(N3CCN(CCCCOc4ccc5ccc(=O)[nH]c5c4)CC3)cccc2s1. The Kier molecular flexibility index (Phi) is 7.01. The molecule has 182 valence electrons. The maximum absolute atomic E-state index is 12.1. The van der Waals surface area contributed by atoms with E-state index in [1.165, 1.54) is 17.1 Å². The van der Waals surface area contributed by atoms with Gasteiger partial charge in [-0.2, -0.15) is 0 Å². The van der Waals surface area contributed by atoms with Gasteiger partial charge in [-0.15, -0.1) is 11.3 Å². The number of H-pyrrole nitrogens is 1. The van der Waals surface area contributed by atoms with E-state index in [2.05, 4.69) is 38.3 Å². The molecular formula is C27H30N4O3S. The first kappa shape index (κ1) is 23.4. The zero-order valence-corrected chi connectivity index (χ0v) is 20.7. The topological polar surface area (TPSA) is 77.7 Å². The molecule has 0 atom stereocenters. The number of unbranched alkanes of at least 4 members (excludes halogenated alkanes) is 1. The Morgan fingerprint density at radius 2 is 1.89 bits per heavy atom. The van der Waals surface area contributed by atoms with Gasteiger partial charge in [-0.25, -0.2) is 0 Å². The number of hydrogen-bond acceptors (Lipinski definition) is 6. The van der Waals surface area contributed by atoms with Crippen LogP contribution in [0.1, 0.15) is 22.5 Å². The number of carbonyl (C=O) groups excluding carboxylic acids is 1. The van der Waals surface area contributed by atoms with Crippen LogP contribution in [0.4, 0.5) is 5.69 Å². The van der Waals surface area contributed by atoms with E-state index in [-0.39, 0.29) is 11.5 Å². The number of pyridine rings is 1. The van der Waals surface area contributed by atoms with Gasteiger partial charge in [0.15, 0.2) is 0 Å². The van der Waals surface area contributed by atoms with Gasteiger partial charge in [0, 0.05) is 61.1 Å². The minimum atomic E-state index is -0.101. The molecule has 3 heterocycles. The van der Waals surface area contributed by atoms with Crippen LogP contribution < -0.4 is 20.5 Å². The summed E-state index contributed by atoms with van der Waals surface area (Å²) < 4.78 is 7.06. The molecule has 2 aromatic carbocycles. The Bertz CT molecular complexity index is 1390. The van der Waals surface area contributed by atoms with Crippen LogP contribution in [-0.2, 0) is 0 Å². The third-order valence-corrected chi connectivity index (χ3v) is 7.64. The van der Waals surface area contributed by atoms with Gasteiger partial charge >= 0.3 is 0 Å². The number of ether oxygens (including phenoxy) is 1. The maximum Gasteiger partial charge on any atom is 0.261 e. The van der Waals surface area contributed by atoms with E-state index < -0.39 is 0 Å². The number of benzene rings is 2. The standard InChI is InChI=1S/C27H30N4O3S/c1-28-27(33)25-18-21-23(5-4-6-24(21)35-25)31-14-12-30(13-15-31)11-2-3-16-34-20-9-7-19-8-10-26(32)29-22(19)17-20/h4-10,17-18H,2-3,11-16H2,1H3,(H,28,33)(H,29,32). The third kappa shape index (κ3) is 5.33. The molecule has 2 aromatic heterocycles. The third-order valence-electron chi connectivity index (χ3n) is 6.54. The lowest BCUT2D eigenvalue weighted by Gasteiger charge is -2.36. The number of nitrogens with zero attached hydrogens (tertiary/aromatic N) is 2. The zero-order valence-electron chi connectivity index (χ0n) is 19.9. The molecule has 0 bridgehead atoms. The highest BCUT2D eigenvalue weighted by atomic mass is 32.1. The molecule has 1 amide bonds. The van der Waals surface area contributed by atoms with E-state index >= 15 is 0 Å². The molecule has 0 unspecified atom stereocenters. The second-order valence-electron chi connectivity index (χ2n) is 8.83. The quantitative estimate of drug-likeness (QED) is 0.364. The molecule has 1 aliphatic heterocycles. The molecule has 35 heavy (non-hydrogen) atoms. The molecule has 0 spiro atoms. The van der Waals surface area contributed by atoms with Crippen LogP contribution in [0.15, 0.2) is 59.4 Å². The second kappa shape index (κ2) is 10.5. The fraction of sp³-hybridized carbons (Fsp3) is 0.333. The summed E-state index contributed by atoms with van der Waals surface area (Å²) in [5, 5.41) is 4.89. The van der Waals surface area contributed by atoms with Gasteiger partial charge in [-0.05, 0) is 61.2 Å². The average Bonchev–Trinajstić information content (AvgIpc) is 3.33. The van der Waals surface area contributed by atoms with Crippen molar-refractivity contribution in [2.45, 2.75) is 12.8 Å². The summed E-state index contributed by atoms with van der Waals surface area (Å²) in [5.41, 5.74) is 1.92. The number of hydrogen-bond donors (Lipinski definition) is 2. The van der Waals surface area contributed by atoms with E-state index in [1.807, 2.05) is 30.3 Å². The molecular weight excluding hydrogens is 460 g/mol. The highest BCUT2D eigenvalue weighted by Crippen LogP contribution is 2.34. The Morgan fingerprint density at radius 3 is 2.71 bits per heavy atom. The average molecular weight is 491 g/mol. The minimum absolute atomic E-state index is 0.0264. The smallest absolute Gasteiger partial charge is 0.261 e.